The number of carbonyl (C=O) groups is 1. The van der Waals surface area contributed by atoms with Crippen molar-refractivity contribution in [2.45, 2.75) is 18.2 Å². The zero-order chi connectivity index (χ0) is 20.9. The van der Waals surface area contributed by atoms with E-state index in [1.54, 1.807) is 12.1 Å². The second kappa shape index (κ2) is 9.25. The van der Waals surface area contributed by atoms with E-state index in [9.17, 15) is 17.6 Å². The maximum Gasteiger partial charge on any atom is 0.271 e. The van der Waals surface area contributed by atoms with Crippen molar-refractivity contribution in [1.82, 2.24) is 9.73 Å². The zero-order valence-corrected chi connectivity index (χ0v) is 16.8. The van der Waals surface area contributed by atoms with Gasteiger partial charge in [-0.2, -0.15) is 9.41 Å². The summed E-state index contributed by atoms with van der Waals surface area (Å²) in [5, 5.41) is 4.12. The molecule has 3 rings (SSSR count). The van der Waals surface area contributed by atoms with E-state index in [0.717, 1.165) is 0 Å². The summed E-state index contributed by atoms with van der Waals surface area (Å²) in [6, 6.07) is 11.6. The van der Waals surface area contributed by atoms with Gasteiger partial charge in [0.25, 0.3) is 5.91 Å². The summed E-state index contributed by atoms with van der Waals surface area (Å²) < 4.78 is 45.2. The van der Waals surface area contributed by atoms with Gasteiger partial charge in [0.15, 0.2) is 0 Å². The lowest BCUT2D eigenvalue weighted by atomic mass is 10.1. The molecule has 29 heavy (non-hydrogen) atoms. The third kappa shape index (κ3) is 5.06. The van der Waals surface area contributed by atoms with Crippen LogP contribution in [0, 0.1) is 5.82 Å². The molecule has 1 amide bonds. The molecule has 0 unspecified atom stereocenters. The second-order valence-corrected chi connectivity index (χ2v) is 8.34. The summed E-state index contributed by atoms with van der Waals surface area (Å²) >= 11 is 0. The van der Waals surface area contributed by atoms with E-state index in [-0.39, 0.29) is 29.4 Å². The van der Waals surface area contributed by atoms with E-state index >= 15 is 0 Å². The predicted molar refractivity (Wildman–Crippen MR) is 107 cm³/mol. The molecule has 1 aliphatic heterocycles. The van der Waals surface area contributed by atoms with E-state index in [1.165, 1.54) is 40.7 Å². The first-order valence-corrected chi connectivity index (χ1v) is 10.7. The minimum Gasteiger partial charge on any atom is -0.379 e. The molecule has 2 aromatic carbocycles. The number of nitrogens with one attached hydrogen (secondary N) is 1. The molecular formula is C20H22FN3O4S. The number of carbonyl (C=O) groups excluding carboxylic acids is 1. The van der Waals surface area contributed by atoms with Crippen molar-refractivity contribution in [3.8, 4) is 0 Å². The Morgan fingerprint density at radius 3 is 2.48 bits per heavy atom. The molecule has 154 valence electrons. The Morgan fingerprint density at radius 2 is 1.83 bits per heavy atom. The van der Waals surface area contributed by atoms with Crippen molar-refractivity contribution in [2.75, 3.05) is 26.3 Å². The fraction of sp³-hybridized carbons (Fsp3) is 0.300. The van der Waals surface area contributed by atoms with Gasteiger partial charge in [-0.15, -0.1) is 0 Å². The minimum atomic E-state index is -3.70. The van der Waals surface area contributed by atoms with Gasteiger partial charge in [-0.05, 0) is 42.3 Å². The van der Waals surface area contributed by atoms with Gasteiger partial charge in [-0.25, -0.2) is 18.2 Å². The Kier molecular flexibility index (Phi) is 6.73. The van der Waals surface area contributed by atoms with Crippen LogP contribution < -0.4 is 5.43 Å². The van der Waals surface area contributed by atoms with Gasteiger partial charge in [-0.3, -0.25) is 4.79 Å². The average molecular weight is 419 g/mol. The molecule has 0 spiro atoms. The van der Waals surface area contributed by atoms with Crippen LogP contribution in [0.15, 0.2) is 58.5 Å². The van der Waals surface area contributed by atoms with Crippen LogP contribution in [0.5, 0.6) is 0 Å². The molecule has 1 N–H and O–H groups in total. The van der Waals surface area contributed by atoms with E-state index in [2.05, 4.69) is 10.5 Å². The Hall–Kier alpha value is -2.62. The topological polar surface area (TPSA) is 88.1 Å². The number of rotatable bonds is 6. The van der Waals surface area contributed by atoms with Crippen LogP contribution in [0.1, 0.15) is 29.3 Å². The maximum atomic E-state index is 13.1. The van der Waals surface area contributed by atoms with Crippen LogP contribution in [-0.2, 0) is 14.8 Å². The summed E-state index contributed by atoms with van der Waals surface area (Å²) in [6.45, 7) is 3.11. The van der Waals surface area contributed by atoms with Gasteiger partial charge < -0.3 is 4.74 Å². The summed E-state index contributed by atoms with van der Waals surface area (Å²) in [4.78, 5) is 12.5. The molecular weight excluding hydrogens is 397 g/mol. The lowest BCUT2D eigenvalue weighted by molar-refractivity contribution is 0.0730. The number of hydrazone groups is 1. The molecule has 1 fully saturated rings. The molecule has 1 aliphatic rings. The summed E-state index contributed by atoms with van der Waals surface area (Å²) in [6.07, 6.45) is 0.525. The van der Waals surface area contributed by atoms with Crippen LogP contribution in [0.25, 0.3) is 0 Å². The van der Waals surface area contributed by atoms with Gasteiger partial charge in [0, 0.05) is 18.7 Å². The molecule has 2 aromatic rings. The number of sulfonamides is 1. The Bertz CT molecular complexity index is 1000. The fourth-order valence-electron chi connectivity index (χ4n) is 2.91. The minimum absolute atomic E-state index is 0.0466. The number of morpholine rings is 1. The molecule has 1 heterocycles. The zero-order valence-electron chi connectivity index (χ0n) is 16.0. The van der Waals surface area contributed by atoms with Crippen molar-refractivity contribution in [2.24, 2.45) is 5.10 Å². The van der Waals surface area contributed by atoms with E-state index in [1.807, 2.05) is 6.92 Å². The lowest BCUT2D eigenvalue weighted by Gasteiger charge is -2.26. The summed E-state index contributed by atoms with van der Waals surface area (Å²) in [5.74, 6) is -0.886. The van der Waals surface area contributed by atoms with Crippen molar-refractivity contribution in [1.29, 1.82) is 0 Å². The van der Waals surface area contributed by atoms with Crippen molar-refractivity contribution in [3.05, 3.63) is 65.5 Å². The van der Waals surface area contributed by atoms with Gasteiger partial charge in [0.2, 0.25) is 10.0 Å². The highest BCUT2D eigenvalue weighted by Crippen LogP contribution is 2.18. The average Bonchev–Trinajstić information content (AvgIpc) is 2.76. The van der Waals surface area contributed by atoms with Crippen LogP contribution in [0.3, 0.4) is 0 Å². The van der Waals surface area contributed by atoms with Crippen molar-refractivity contribution < 1.29 is 22.3 Å². The first kappa shape index (κ1) is 21.1. The van der Waals surface area contributed by atoms with Crippen molar-refractivity contribution in [3.63, 3.8) is 0 Å². The molecule has 1 saturated heterocycles. The van der Waals surface area contributed by atoms with Crippen LogP contribution in [0.2, 0.25) is 0 Å². The van der Waals surface area contributed by atoms with Crippen molar-refractivity contribution >= 4 is 21.6 Å². The number of amides is 1. The molecule has 0 bridgehead atoms. The first-order chi connectivity index (χ1) is 13.9. The molecule has 7 nitrogen and oxygen atoms in total. The molecule has 0 radical (unpaired) electrons. The highest BCUT2D eigenvalue weighted by Gasteiger charge is 2.26. The number of hydrogen-bond acceptors (Lipinski definition) is 5. The molecule has 0 saturated carbocycles. The van der Waals surface area contributed by atoms with E-state index < -0.39 is 15.9 Å². The van der Waals surface area contributed by atoms with E-state index in [4.69, 9.17) is 4.74 Å². The molecule has 9 heteroatoms. The number of ether oxygens (including phenoxy) is 1. The van der Waals surface area contributed by atoms with Crippen LogP contribution in [-0.4, -0.2) is 50.6 Å². The summed E-state index contributed by atoms with van der Waals surface area (Å²) in [7, 11) is -3.70. The number of nitrogens with zero attached hydrogens (tertiary/aromatic N) is 2. The summed E-state index contributed by atoms with van der Waals surface area (Å²) in [5.41, 5.74) is 3.90. The largest absolute Gasteiger partial charge is 0.379 e. The van der Waals surface area contributed by atoms with Gasteiger partial charge in [0.05, 0.1) is 23.8 Å². The molecule has 0 aliphatic carbocycles. The highest BCUT2D eigenvalue weighted by molar-refractivity contribution is 7.89. The van der Waals surface area contributed by atoms with E-state index in [0.29, 0.717) is 30.9 Å². The quantitative estimate of drug-likeness (QED) is 0.575. The number of halogens is 1. The Labute approximate surface area is 169 Å². The monoisotopic (exact) mass is 419 g/mol. The standard InChI is InChI=1S/C20H22FN3O4S/c1-2-19(15-6-8-17(21)9-7-15)22-23-20(25)16-4-3-5-18(14-16)29(26,27)24-10-12-28-13-11-24/h3-9,14H,2,10-13H2,1H3,(H,23,25)/b22-19-. The third-order valence-electron chi connectivity index (χ3n) is 4.51. The van der Waals surface area contributed by atoms with Gasteiger partial charge >= 0.3 is 0 Å². The Balaban J connectivity index is 1.77. The van der Waals surface area contributed by atoms with Gasteiger partial charge in [-0.1, -0.05) is 25.1 Å². The highest BCUT2D eigenvalue weighted by atomic mass is 32.2. The SMILES string of the molecule is CC/C(=N/NC(=O)c1cccc(S(=O)(=O)N2CCOCC2)c1)c1ccc(F)cc1. The lowest BCUT2D eigenvalue weighted by Crippen LogP contribution is -2.40. The second-order valence-electron chi connectivity index (χ2n) is 6.40. The third-order valence-corrected chi connectivity index (χ3v) is 6.40. The van der Waals surface area contributed by atoms with Gasteiger partial charge in [0.1, 0.15) is 5.82 Å². The van der Waals surface area contributed by atoms with Crippen LogP contribution in [0.4, 0.5) is 4.39 Å². The molecule has 0 aromatic heterocycles. The number of benzene rings is 2. The molecule has 0 atom stereocenters. The number of hydrogen-bond donors (Lipinski definition) is 1. The predicted octanol–water partition coefficient (Wildman–Crippen LogP) is 2.39. The van der Waals surface area contributed by atoms with Crippen LogP contribution >= 0.6 is 0 Å². The first-order valence-electron chi connectivity index (χ1n) is 9.22. The maximum absolute atomic E-state index is 13.1. The smallest absolute Gasteiger partial charge is 0.271 e. The normalized spacial score (nSPS) is 15.9. The fourth-order valence-corrected chi connectivity index (χ4v) is 4.36. The Morgan fingerprint density at radius 1 is 1.14 bits per heavy atom.